The fraction of sp³-hybridized carbons (Fsp3) is 0.571. The van der Waals surface area contributed by atoms with Gasteiger partial charge in [-0.15, -0.1) is 0 Å². The number of rotatable bonds is 8. The molecule has 0 aliphatic carbocycles. The molecule has 0 aliphatic heterocycles. The molecule has 0 heterocycles. The molecular formula is C14H22ClNO3S. The van der Waals surface area contributed by atoms with Crippen LogP contribution in [0.1, 0.15) is 31.9 Å². The molecule has 114 valence electrons. The Morgan fingerprint density at radius 2 is 2.10 bits per heavy atom. The number of benzene rings is 1. The number of sulfone groups is 1. The molecule has 20 heavy (non-hydrogen) atoms. The predicted octanol–water partition coefficient (Wildman–Crippen LogP) is 2.82. The van der Waals surface area contributed by atoms with Crippen LogP contribution in [0.15, 0.2) is 18.2 Å². The van der Waals surface area contributed by atoms with Gasteiger partial charge < -0.3 is 10.1 Å². The number of ether oxygens (including phenoxy) is 1. The molecule has 0 saturated heterocycles. The molecule has 4 nitrogen and oxygen atoms in total. The van der Waals surface area contributed by atoms with Crippen molar-refractivity contribution in [3.05, 3.63) is 28.8 Å². The van der Waals surface area contributed by atoms with Gasteiger partial charge >= 0.3 is 0 Å². The third-order valence-electron chi connectivity index (χ3n) is 2.87. The van der Waals surface area contributed by atoms with Gasteiger partial charge in [-0.1, -0.05) is 24.6 Å². The summed E-state index contributed by atoms with van der Waals surface area (Å²) in [7, 11) is -3.02. The average Bonchev–Trinajstić information content (AvgIpc) is 2.36. The lowest BCUT2D eigenvalue weighted by molar-refractivity contribution is 0.341. The molecule has 0 aromatic heterocycles. The number of halogens is 1. The zero-order valence-corrected chi connectivity index (χ0v) is 13.7. The molecular weight excluding hydrogens is 298 g/mol. The van der Waals surface area contributed by atoms with E-state index in [-0.39, 0.29) is 18.4 Å². The first kappa shape index (κ1) is 17.3. The summed E-state index contributed by atoms with van der Waals surface area (Å²) in [6.07, 6.45) is 2.26. The lowest BCUT2D eigenvalue weighted by atomic mass is 10.1. The topological polar surface area (TPSA) is 55.4 Å². The summed E-state index contributed by atoms with van der Waals surface area (Å²) < 4.78 is 27.5. The van der Waals surface area contributed by atoms with Crippen LogP contribution < -0.4 is 10.1 Å². The maximum Gasteiger partial charge on any atom is 0.150 e. The number of nitrogens with one attached hydrogen (secondary N) is 1. The van der Waals surface area contributed by atoms with Gasteiger partial charge in [-0.3, -0.25) is 0 Å². The SMILES string of the molecule is CCCNC(C)c1ccc(OCCS(C)(=O)=O)c(Cl)c1. The molecule has 0 saturated carbocycles. The second kappa shape index (κ2) is 7.86. The quantitative estimate of drug-likeness (QED) is 0.800. The van der Waals surface area contributed by atoms with Gasteiger partial charge in [0.05, 0.1) is 10.8 Å². The van der Waals surface area contributed by atoms with Gasteiger partial charge in [0.1, 0.15) is 12.4 Å². The van der Waals surface area contributed by atoms with Crippen LogP contribution in [0.25, 0.3) is 0 Å². The van der Waals surface area contributed by atoms with Crippen LogP contribution in [0.3, 0.4) is 0 Å². The highest BCUT2D eigenvalue weighted by molar-refractivity contribution is 7.90. The fourth-order valence-corrected chi connectivity index (χ4v) is 2.31. The zero-order chi connectivity index (χ0) is 15.2. The highest BCUT2D eigenvalue weighted by atomic mass is 35.5. The van der Waals surface area contributed by atoms with E-state index in [2.05, 4.69) is 19.2 Å². The summed E-state index contributed by atoms with van der Waals surface area (Å²) in [5.74, 6) is 0.501. The van der Waals surface area contributed by atoms with Crippen molar-refractivity contribution < 1.29 is 13.2 Å². The monoisotopic (exact) mass is 319 g/mol. The standard InChI is InChI=1S/C14H22ClNO3S/c1-4-7-16-11(2)12-5-6-14(13(15)10-12)19-8-9-20(3,17)18/h5-6,10-11,16H,4,7-9H2,1-3H3. The first-order chi connectivity index (χ1) is 9.33. The Morgan fingerprint density at radius 3 is 2.65 bits per heavy atom. The van der Waals surface area contributed by atoms with Gasteiger partial charge in [-0.05, 0) is 37.6 Å². The van der Waals surface area contributed by atoms with E-state index in [1.807, 2.05) is 12.1 Å². The van der Waals surface area contributed by atoms with Crippen molar-refractivity contribution in [2.45, 2.75) is 26.3 Å². The molecule has 1 aromatic carbocycles. The normalized spacial score (nSPS) is 13.2. The molecule has 0 bridgehead atoms. The van der Waals surface area contributed by atoms with E-state index >= 15 is 0 Å². The lowest BCUT2D eigenvalue weighted by Gasteiger charge is -2.15. The van der Waals surface area contributed by atoms with E-state index in [1.54, 1.807) is 6.07 Å². The van der Waals surface area contributed by atoms with Gasteiger partial charge in [0.2, 0.25) is 0 Å². The minimum absolute atomic E-state index is 0.0143. The van der Waals surface area contributed by atoms with Crippen molar-refractivity contribution in [1.29, 1.82) is 0 Å². The third kappa shape index (κ3) is 6.11. The minimum atomic E-state index is -3.02. The Balaban J connectivity index is 2.63. The van der Waals surface area contributed by atoms with Crippen LogP contribution in [0, 0.1) is 0 Å². The highest BCUT2D eigenvalue weighted by Gasteiger charge is 2.09. The van der Waals surface area contributed by atoms with Crippen LogP contribution in [0.5, 0.6) is 5.75 Å². The Morgan fingerprint density at radius 1 is 1.40 bits per heavy atom. The third-order valence-corrected chi connectivity index (χ3v) is 4.07. The predicted molar refractivity (Wildman–Crippen MR) is 83.4 cm³/mol. The molecule has 0 amide bonds. The second-order valence-corrected chi connectivity index (χ2v) is 7.51. The average molecular weight is 320 g/mol. The molecule has 1 unspecified atom stereocenters. The molecule has 1 N–H and O–H groups in total. The Hall–Kier alpha value is -0.780. The Kier molecular flexibility index (Phi) is 6.79. The molecule has 0 fully saturated rings. The van der Waals surface area contributed by atoms with E-state index in [4.69, 9.17) is 16.3 Å². The summed E-state index contributed by atoms with van der Waals surface area (Å²) in [6.45, 7) is 5.25. The first-order valence-electron chi connectivity index (χ1n) is 6.67. The van der Waals surface area contributed by atoms with Gasteiger partial charge in [-0.2, -0.15) is 0 Å². The Labute approximate surface area is 126 Å². The van der Waals surface area contributed by atoms with E-state index in [0.717, 1.165) is 18.5 Å². The van der Waals surface area contributed by atoms with Crippen LogP contribution in [-0.4, -0.2) is 33.6 Å². The fourth-order valence-electron chi connectivity index (χ4n) is 1.69. The van der Waals surface area contributed by atoms with Crippen LogP contribution in [0.4, 0.5) is 0 Å². The summed E-state index contributed by atoms with van der Waals surface area (Å²) in [5.41, 5.74) is 1.08. The van der Waals surface area contributed by atoms with E-state index in [1.165, 1.54) is 6.26 Å². The van der Waals surface area contributed by atoms with Crippen LogP contribution in [0.2, 0.25) is 5.02 Å². The second-order valence-electron chi connectivity index (χ2n) is 4.84. The van der Waals surface area contributed by atoms with Gasteiger partial charge in [0, 0.05) is 12.3 Å². The summed E-state index contributed by atoms with van der Waals surface area (Å²) in [5, 5.41) is 3.88. The molecule has 0 spiro atoms. The summed E-state index contributed by atoms with van der Waals surface area (Å²) in [4.78, 5) is 0. The van der Waals surface area contributed by atoms with Crippen molar-refractivity contribution >= 4 is 21.4 Å². The molecule has 1 rings (SSSR count). The Bertz CT molecular complexity index is 531. The van der Waals surface area contributed by atoms with Gasteiger partial charge in [0.25, 0.3) is 0 Å². The summed E-state index contributed by atoms with van der Waals surface area (Å²) in [6, 6.07) is 5.79. The van der Waals surface area contributed by atoms with Crippen molar-refractivity contribution in [3.8, 4) is 5.75 Å². The maximum absolute atomic E-state index is 11.0. The highest BCUT2D eigenvalue weighted by Crippen LogP contribution is 2.27. The van der Waals surface area contributed by atoms with Crippen molar-refractivity contribution in [1.82, 2.24) is 5.32 Å². The van der Waals surface area contributed by atoms with E-state index < -0.39 is 9.84 Å². The number of hydrogen-bond acceptors (Lipinski definition) is 4. The van der Waals surface area contributed by atoms with E-state index in [0.29, 0.717) is 10.8 Å². The molecule has 6 heteroatoms. The maximum atomic E-state index is 11.0. The zero-order valence-electron chi connectivity index (χ0n) is 12.1. The van der Waals surface area contributed by atoms with E-state index in [9.17, 15) is 8.42 Å². The molecule has 1 atom stereocenters. The smallest absolute Gasteiger partial charge is 0.150 e. The van der Waals surface area contributed by atoms with Crippen molar-refractivity contribution in [2.24, 2.45) is 0 Å². The van der Waals surface area contributed by atoms with Crippen LogP contribution in [-0.2, 0) is 9.84 Å². The van der Waals surface area contributed by atoms with Crippen molar-refractivity contribution in [2.75, 3.05) is 25.2 Å². The molecule has 1 aromatic rings. The molecule has 0 radical (unpaired) electrons. The van der Waals surface area contributed by atoms with Crippen molar-refractivity contribution in [3.63, 3.8) is 0 Å². The lowest BCUT2D eigenvalue weighted by Crippen LogP contribution is -2.19. The van der Waals surface area contributed by atoms with Crippen LogP contribution >= 0.6 is 11.6 Å². The largest absolute Gasteiger partial charge is 0.491 e. The van der Waals surface area contributed by atoms with Gasteiger partial charge in [-0.25, -0.2) is 8.42 Å². The first-order valence-corrected chi connectivity index (χ1v) is 9.10. The van der Waals surface area contributed by atoms with Gasteiger partial charge in [0.15, 0.2) is 9.84 Å². The molecule has 0 aliphatic rings. The summed E-state index contributed by atoms with van der Waals surface area (Å²) >= 11 is 6.16. The number of hydrogen-bond donors (Lipinski definition) is 1. The minimum Gasteiger partial charge on any atom is -0.491 e.